The third-order valence-electron chi connectivity index (χ3n) is 10.5. The third kappa shape index (κ3) is 4.16. The van der Waals surface area contributed by atoms with Crippen LogP contribution in [-0.2, 0) is 0 Å². The van der Waals surface area contributed by atoms with E-state index in [4.69, 9.17) is 8.83 Å². The van der Waals surface area contributed by atoms with E-state index in [1.54, 1.807) is 12.5 Å². The zero-order valence-corrected chi connectivity index (χ0v) is 28.2. The van der Waals surface area contributed by atoms with Crippen molar-refractivity contribution in [1.29, 1.82) is 0 Å². The first-order chi connectivity index (χ1) is 25.3. The molecule has 0 atom stereocenters. The molecule has 11 aromatic rings. The Bertz CT molecular complexity index is 3010. The summed E-state index contributed by atoms with van der Waals surface area (Å²) in [5, 5.41) is 12.4. The van der Waals surface area contributed by atoms with Gasteiger partial charge >= 0.3 is 0 Å². The number of hydrogen-bond donors (Lipinski definition) is 0. The Kier molecular flexibility index (Phi) is 6.16. The summed E-state index contributed by atoms with van der Waals surface area (Å²) in [5.41, 5.74) is 9.60. The molecule has 51 heavy (non-hydrogen) atoms. The van der Waals surface area contributed by atoms with E-state index in [-0.39, 0.29) is 0 Å². The molecule has 3 heteroatoms. The molecule has 3 aromatic heterocycles. The van der Waals surface area contributed by atoms with Crippen LogP contribution in [0.3, 0.4) is 0 Å². The van der Waals surface area contributed by atoms with Gasteiger partial charge in [0.2, 0.25) is 0 Å². The second kappa shape index (κ2) is 11.0. The summed E-state index contributed by atoms with van der Waals surface area (Å²) < 4.78 is 13.8. The van der Waals surface area contributed by atoms with Gasteiger partial charge in [-0.15, -0.1) is 11.3 Å². The molecule has 0 aliphatic carbocycles. The van der Waals surface area contributed by atoms with Crippen LogP contribution < -0.4 is 0 Å². The van der Waals surface area contributed by atoms with Crippen molar-refractivity contribution in [2.75, 3.05) is 0 Å². The van der Waals surface area contributed by atoms with E-state index >= 15 is 0 Å². The largest absolute Gasteiger partial charge is 0.472 e. The second-order valence-electron chi connectivity index (χ2n) is 13.2. The summed E-state index contributed by atoms with van der Waals surface area (Å²) in [6.07, 6.45) is 7.24. The molecule has 0 spiro atoms. The quantitative estimate of drug-likeness (QED) is 0.175. The lowest BCUT2D eigenvalue weighted by Crippen LogP contribution is -1.91. The number of furan rings is 2. The van der Waals surface area contributed by atoms with Gasteiger partial charge in [0.05, 0.1) is 25.1 Å². The predicted molar refractivity (Wildman–Crippen MR) is 216 cm³/mol. The summed E-state index contributed by atoms with van der Waals surface area (Å²) in [6, 6.07) is 53.3. The highest BCUT2D eigenvalue weighted by Gasteiger charge is 2.21. The summed E-state index contributed by atoms with van der Waals surface area (Å²) in [7, 11) is 0. The molecule has 0 saturated heterocycles. The van der Waals surface area contributed by atoms with Crippen molar-refractivity contribution in [3.63, 3.8) is 0 Å². The molecule has 238 valence electrons. The van der Waals surface area contributed by atoms with Gasteiger partial charge in [0.15, 0.2) is 0 Å². The fraction of sp³-hybridized carbons (Fsp3) is 0. The van der Waals surface area contributed by atoms with E-state index in [9.17, 15) is 0 Å². The summed E-state index contributed by atoms with van der Waals surface area (Å²) >= 11 is 1.87. The molecule has 0 aliphatic rings. The first-order valence-corrected chi connectivity index (χ1v) is 18.0. The lowest BCUT2D eigenvalue weighted by Gasteiger charge is -2.18. The molecule has 0 amide bonds. The molecule has 8 aromatic carbocycles. The van der Waals surface area contributed by atoms with Gasteiger partial charge in [-0.1, -0.05) is 115 Å². The Balaban J connectivity index is 1.24. The normalized spacial score (nSPS) is 11.9. The third-order valence-corrected chi connectivity index (χ3v) is 11.7. The molecular weight excluding hydrogens is 641 g/mol. The minimum Gasteiger partial charge on any atom is -0.472 e. The zero-order valence-electron chi connectivity index (χ0n) is 27.4. The highest BCUT2D eigenvalue weighted by molar-refractivity contribution is 7.26. The fourth-order valence-electron chi connectivity index (χ4n) is 8.48. The van der Waals surface area contributed by atoms with Crippen molar-refractivity contribution in [1.82, 2.24) is 0 Å². The Hall–Kier alpha value is -6.42. The van der Waals surface area contributed by atoms with Crippen LogP contribution in [0.1, 0.15) is 0 Å². The molecule has 3 heterocycles. The second-order valence-corrected chi connectivity index (χ2v) is 14.3. The highest BCUT2D eigenvalue weighted by Crippen LogP contribution is 2.49. The molecule has 0 N–H and O–H groups in total. The van der Waals surface area contributed by atoms with Crippen molar-refractivity contribution >= 4 is 74.6 Å². The minimum absolute atomic E-state index is 1.09. The van der Waals surface area contributed by atoms with E-state index in [0.29, 0.717) is 0 Å². The number of hydrogen-bond acceptors (Lipinski definition) is 3. The standard InChI is InChI=1S/C48H28O2S/c1-3-12-34-32(10-1)44(33-11-2-4-13-35(33)45(34)30-22-24-49-27-30)29-20-21-42-41(26-29)48-40(18-9-19-43(48)51-42)47-38-16-7-5-14-36(38)46(31-23-25-50-28-31)37-15-6-8-17-39(37)47/h1-28H. The van der Waals surface area contributed by atoms with Crippen molar-refractivity contribution in [3.8, 4) is 44.5 Å². The summed E-state index contributed by atoms with van der Waals surface area (Å²) in [5.74, 6) is 0. The minimum atomic E-state index is 1.09. The van der Waals surface area contributed by atoms with Crippen LogP contribution in [0.5, 0.6) is 0 Å². The van der Waals surface area contributed by atoms with E-state index in [2.05, 4.69) is 146 Å². The van der Waals surface area contributed by atoms with Crippen molar-refractivity contribution in [2.45, 2.75) is 0 Å². The van der Waals surface area contributed by atoms with Crippen molar-refractivity contribution in [2.24, 2.45) is 0 Å². The molecule has 11 rings (SSSR count). The van der Waals surface area contributed by atoms with Crippen LogP contribution in [0.2, 0.25) is 0 Å². The molecular formula is C48H28O2S. The SMILES string of the molecule is c1cc(-c2c3ccccc3c(-c3ccoc3)c3ccccc23)c2c(c1)sc1ccc(-c3c4ccccc4c(-c4ccoc4)c4ccccc34)cc12. The molecule has 0 radical (unpaired) electrons. The number of fused-ring (bicyclic) bond motifs is 7. The smallest absolute Gasteiger partial charge is 0.0981 e. The first-order valence-electron chi connectivity index (χ1n) is 17.2. The Morgan fingerprint density at radius 3 is 1.24 bits per heavy atom. The average Bonchev–Trinajstić information content (AvgIpc) is 3.98. The zero-order chi connectivity index (χ0) is 33.5. The topological polar surface area (TPSA) is 26.3 Å². The lowest BCUT2D eigenvalue weighted by atomic mass is 9.85. The molecule has 0 unspecified atom stereocenters. The number of rotatable bonds is 4. The van der Waals surface area contributed by atoms with E-state index in [0.717, 1.165) is 11.1 Å². The van der Waals surface area contributed by atoms with Gasteiger partial charge in [-0.3, -0.25) is 0 Å². The van der Waals surface area contributed by atoms with Gasteiger partial charge in [0.25, 0.3) is 0 Å². The molecule has 0 bridgehead atoms. The average molecular weight is 669 g/mol. The van der Waals surface area contributed by atoms with Crippen LogP contribution >= 0.6 is 11.3 Å². The van der Waals surface area contributed by atoms with Gasteiger partial charge in [-0.2, -0.15) is 0 Å². The Morgan fingerprint density at radius 1 is 0.333 bits per heavy atom. The van der Waals surface area contributed by atoms with E-state index in [1.165, 1.54) is 96.6 Å². The summed E-state index contributed by atoms with van der Waals surface area (Å²) in [6.45, 7) is 0. The molecule has 2 nitrogen and oxygen atoms in total. The van der Waals surface area contributed by atoms with Gasteiger partial charge in [0, 0.05) is 42.4 Å². The van der Waals surface area contributed by atoms with Gasteiger partial charge in [-0.25, -0.2) is 0 Å². The Morgan fingerprint density at radius 2 is 0.784 bits per heavy atom. The summed E-state index contributed by atoms with van der Waals surface area (Å²) in [4.78, 5) is 0. The monoisotopic (exact) mass is 668 g/mol. The molecule has 0 saturated carbocycles. The van der Waals surface area contributed by atoms with Crippen LogP contribution in [0.15, 0.2) is 179 Å². The van der Waals surface area contributed by atoms with Crippen molar-refractivity contribution in [3.05, 3.63) is 171 Å². The maximum Gasteiger partial charge on any atom is 0.0981 e. The highest BCUT2D eigenvalue weighted by atomic mass is 32.1. The van der Waals surface area contributed by atoms with Crippen LogP contribution in [0.4, 0.5) is 0 Å². The van der Waals surface area contributed by atoms with Crippen LogP contribution in [-0.4, -0.2) is 0 Å². The molecule has 0 aliphatic heterocycles. The lowest BCUT2D eigenvalue weighted by molar-refractivity contribution is 0.568. The van der Waals surface area contributed by atoms with E-state index in [1.807, 2.05) is 23.9 Å². The number of thiophene rings is 1. The van der Waals surface area contributed by atoms with E-state index < -0.39 is 0 Å². The van der Waals surface area contributed by atoms with Gasteiger partial charge in [-0.05, 0) is 95.7 Å². The maximum absolute atomic E-state index is 5.60. The van der Waals surface area contributed by atoms with Crippen LogP contribution in [0.25, 0.3) is 108 Å². The van der Waals surface area contributed by atoms with Gasteiger partial charge in [0.1, 0.15) is 0 Å². The van der Waals surface area contributed by atoms with Crippen molar-refractivity contribution < 1.29 is 8.83 Å². The van der Waals surface area contributed by atoms with Gasteiger partial charge < -0.3 is 8.83 Å². The molecule has 0 fully saturated rings. The maximum atomic E-state index is 5.60. The Labute approximate surface area is 297 Å². The fourth-order valence-corrected chi connectivity index (χ4v) is 9.60. The number of benzene rings is 8. The first kappa shape index (κ1) is 28.4. The van der Waals surface area contributed by atoms with Crippen LogP contribution in [0, 0.1) is 0 Å². The predicted octanol–water partition coefficient (Wildman–Crippen LogP) is 14.5.